The highest BCUT2D eigenvalue weighted by atomic mass is 16.5. The summed E-state index contributed by atoms with van der Waals surface area (Å²) in [5.41, 5.74) is 2.36. The Bertz CT molecular complexity index is 403. The van der Waals surface area contributed by atoms with Crippen LogP contribution in [0.4, 0.5) is 0 Å². The Hall–Kier alpha value is -1.39. The van der Waals surface area contributed by atoms with Crippen LogP contribution in [0.3, 0.4) is 0 Å². The van der Waals surface area contributed by atoms with E-state index in [1.165, 1.54) is 11.1 Å². The molecule has 0 aromatic heterocycles. The lowest BCUT2D eigenvalue weighted by atomic mass is 10.1. The molecule has 1 heterocycles. The predicted octanol–water partition coefficient (Wildman–Crippen LogP) is 1.59. The summed E-state index contributed by atoms with van der Waals surface area (Å²) in [4.78, 5) is 11.8. The molecule has 0 saturated carbocycles. The largest absolute Gasteiger partial charge is 0.380 e. The van der Waals surface area contributed by atoms with Crippen LogP contribution in [0.1, 0.15) is 30.4 Å². The van der Waals surface area contributed by atoms with E-state index in [1.807, 2.05) is 0 Å². The standard InChI is InChI=1S/C15H22N2O2/c1-19-11-13-7-5-12(6-8-13)10-17-14-4-2-3-9-16-15(14)18/h5-8,14,17H,2-4,9-11H2,1H3,(H,16,18). The number of hydrogen-bond donors (Lipinski definition) is 2. The molecular weight excluding hydrogens is 240 g/mol. The van der Waals surface area contributed by atoms with E-state index in [4.69, 9.17) is 4.74 Å². The van der Waals surface area contributed by atoms with Crippen LogP contribution in [0, 0.1) is 0 Å². The minimum absolute atomic E-state index is 0.0545. The molecule has 2 N–H and O–H groups in total. The maximum Gasteiger partial charge on any atom is 0.237 e. The molecule has 0 aliphatic carbocycles. The number of ether oxygens (including phenoxy) is 1. The Morgan fingerprint density at radius 3 is 2.74 bits per heavy atom. The number of hydrogen-bond acceptors (Lipinski definition) is 3. The average molecular weight is 262 g/mol. The van der Waals surface area contributed by atoms with Gasteiger partial charge in [-0.1, -0.05) is 24.3 Å². The fourth-order valence-electron chi connectivity index (χ4n) is 2.30. The molecule has 1 atom stereocenters. The van der Waals surface area contributed by atoms with Crippen LogP contribution in [-0.2, 0) is 22.7 Å². The van der Waals surface area contributed by atoms with Crippen molar-refractivity contribution in [3.63, 3.8) is 0 Å². The Morgan fingerprint density at radius 1 is 1.26 bits per heavy atom. The molecular formula is C15H22N2O2. The lowest BCUT2D eigenvalue weighted by Crippen LogP contribution is -2.42. The van der Waals surface area contributed by atoms with Gasteiger partial charge in [-0.3, -0.25) is 4.79 Å². The van der Waals surface area contributed by atoms with Gasteiger partial charge in [0, 0.05) is 20.2 Å². The highest BCUT2D eigenvalue weighted by Gasteiger charge is 2.19. The van der Waals surface area contributed by atoms with E-state index < -0.39 is 0 Å². The van der Waals surface area contributed by atoms with Crippen molar-refractivity contribution in [3.8, 4) is 0 Å². The van der Waals surface area contributed by atoms with Gasteiger partial charge in [0.1, 0.15) is 0 Å². The van der Waals surface area contributed by atoms with E-state index in [-0.39, 0.29) is 11.9 Å². The molecule has 104 valence electrons. The van der Waals surface area contributed by atoms with Crippen LogP contribution < -0.4 is 10.6 Å². The summed E-state index contributed by atoms with van der Waals surface area (Å²) in [5.74, 6) is 0.133. The van der Waals surface area contributed by atoms with Gasteiger partial charge in [0.05, 0.1) is 12.6 Å². The fraction of sp³-hybridized carbons (Fsp3) is 0.533. The molecule has 0 radical (unpaired) electrons. The second-order valence-electron chi connectivity index (χ2n) is 4.97. The molecule has 4 nitrogen and oxygen atoms in total. The summed E-state index contributed by atoms with van der Waals surface area (Å²) in [6.07, 6.45) is 3.10. The molecule has 1 aromatic rings. The zero-order valence-electron chi connectivity index (χ0n) is 11.4. The number of nitrogens with one attached hydrogen (secondary N) is 2. The van der Waals surface area contributed by atoms with Crippen LogP contribution in [0.5, 0.6) is 0 Å². The summed E-state index contributed by atoms with van der Waals surface area (Å²) >= 11 is 0. The van der Waals surface area contributed by atoms with E-state index in [1.54, 1.807) is 7.11 Å². The third-order valence-corrected chi connectivity index (χ3v) is 3.42. The van der Waals surface area contributed by atoms with Crippen molar-refractivity contribution in [2.45, 2.75) is 38.5 Å². The third kappa shape index (κ3) is 4.33. The van der Waals surface area contributed by atoms with Gasteiger partial charge in [-0.25, -0.2) is 0 Å². The molecule has 1 aliphatic heterocycles. The number of amides is 1. The normalized spacial score (nSPS) is 19.8. The summed E-state index contributed by atoms with van der Waals surface area (Å²) in [6, 6.07) is 8.23. The van der Waals surface area contributed by atoms with E-state index in [0.29, 0.717) is 6.61 Å². The SMILES string of the molecule is COCc1ccc(CNC2CCCCNC2=O)cc1. The quantitative estimate of drug-likeness (QED) is 0.847. The van der Waals surface area contributed by atoms with Crippen molar-refractivity contribution in [1.29, 1.82) is 0 Å². The van der Waals surface area contributed by atoms with Crippen molar-refractivity contribution in [1.82, 2.24) is 10.6 Å². The topological polar surface area (TPSA) is 50.4 Å². The van der Waals surface area contributed by atoms with Gasteiger partial charge in [0.25, 0.3) is 0 Å². The van der Waals surface area contributed by atoms with Crippen LogP contribution in [0.2, 0.25) is 0 Å². The van der Waals surface area contributed by atoms with Crippen molar-refractivity contribution < 1.29 is 9.53 Å². The maximum absolute atomic E-state index is 11.8. The van der Waals surface area contributed by atoms with E-state index in [0.717, 1.165) is 32.4 Å². The first-order chi connectivity index (χ1) is 9.29. The Balaban J connectivity index is 1.85. The van der Waals surface area contributed by atoms with Crippen LogP contribution in [-0.4, -0.2) is 25.6 Å². The van der Waals surface area contributed by atoms with E-state index >= 15 is 0 Å². The van der Waals surface area contributed by atoms with Crippen LogP contribution in [0.15, 0.2) is 24.3 Å². The Labute approximate surface area is 114 Å². The monoisotopic (exact) mass is 262 g/mol. The summed E-state index contributed by atoms with van der Waals surface area (Å²) < 4.78 is 5.08. The van der Waals surface area contributed by atoms with Crippen molar-refractivity contribution in [2.75, 3.05) is 13.7 Å². The molecule has 0 bridgehead atoms. The molecule has 1 amide bonds. The molecule has 1 aliphatic rings. The number of carbonyl (C=O) groups excluding carboxylic acids is 1. The van der Waals surface area contributed by atoms with Crippen molar-refractivity contribution >= 4 is 5.91 Å². The minimum atomic E-state index is -0.0545. The first-order valence-electron chi connectivity index (χ1n) is 6.87. The highest BCUT2D eigenvalue weighted by Crippen LogP contribution is 2.08. The average Bonchev–Trinajstić information content (AvgIpc) is 2.63. The maximum atomic E-state index is 11.8. The number of benzene rings is 1. The third-order valence-electron chi connectivity index (χ3n) is 3.42. The van der Waals surface area contributed by atoms with Crippen LogP contribution in [0.25, 0.3) is 0 Å². The lowest BCUT2D eigenvalue weighted by molar-refractivity contribution is -0.122. The smallest absolute Gasteiger partial charge is 0.237 e. The molecule has 1 saturated heterocycles. The molecule has 0 spiro atoms. The van der Waals surface area contributed by atoms with E-state index in [9.17, 15) is 4.79 Å². The van der Waals surface area contributed by atoms with Gasteiger partial charge in [0.15, 0.2) is 0 Å². The van der Waals surface area contributed by atoms with Gasteiger partial charge in [0.2, 0.25) is 5.91 Å². The second kappa shape index (κ2) is 7.26. The van der Waals surface area contributed by atoms with Gasteiger partial charge >= 0.3 is 0 Å². The van der Waals surface area contributed by atoms with Crippen molar-refractivity contribution in [2.24, 2.45) is 0 Å². The molecule has 1 fully saturated rings. The van der Waals surface area contributed by atoms with Crippen molar-refractivity contribution in [3.05, 3.63) is 35.4 Å². The molecule has 1 aromatic carbocycles. The predicted molar refractivity (Wildman–Crippen MR) is 74.6 cm³/mol. The number of rotatable bonds is 5. The zero-order chi connectivity index (χ0) is 13.5. The molecule has 2 rings (SSSR count). The summed E-state index contributed by atoms with van der Waals surface area (Å²) in [5, 5.41) is 6.27. The molecule has 19 heavy (non-hydrogen) atoms. The van der Waals surface area contributed by atoms with Gasteiger partial charge in [-0.15, -0.1) is 0 Å². The van der Waals surface area contributed by atoms with Crippen LogP contribution >= 0.6 is 0 Å². The first-order valence-corrected chi connectivity index (χ1v) is 6.87. The zero-order valence-corrected chi connectivity index (χ0v) is 11.4. The minimum Gasteiger partial charge on any atom is -0.380 e. The number of methoxy groups -OCH3 is 1. The van der Waals surface area contributed by atoms with Gasteiger partial charge < -0.3 is 15.4 Å². The fourth-order valence-corrected chi connectivity index (χ4v) is 2.30. The summed E-state index contributed by atoms with van der Waals surface area (Å²) in [6.45, 7) is 2.17. The van der Waals surface area contributed by atoms with Gasteiger partial charge in [-0.05, 0) is 30.4 Å². The first kappa shape index (κ1) is 14.0. The highest BCUT2D eigenvalue weighted by molar-refractivity contribution is 5.81. The molecule has 4 heteroatoms. The number of carbonyl (C=O) groups is 1. The Morgan fingerprint density at radius 2 is 2.00 bits per heavy atom. The Kier molecular flexibility index (Phi) is 5.36. The van der Waals surface area contributed by atoms with E-state index in [2.05, 4.69) is 34.9 Å². The molecule has 1 unspecified atom stereocenters. The lowest BCUT2D eigenvalue weighted by Gasteiger charge is -2.15. The summed E-state index contributed by atoms with van der Waals surface area (Å²) in [7, 11) is 1.69. The van der Waals surface area contributed by atoms with Gasteiger partial charge in [-0.2, -0.15) is 0 Å². The second-order valence-corrected chi connectivity index (χ2v) is 4.97.